The molecule has 6 heteroatoms. The van der Waals surface area contributed by atoms with E-state index in [2.05, 4.69) is 9.97 Å². The molecule has 72 valence electrons. The number of aromatic nitrogens is 2. The van der Waals surface area contributed by atoms with Crippen molar-refractivity contribution >= 4 is 23.1 Å². The molecule has 4 nitrogen and oxygen atoms in total. The van der Waals surface area contributed by atoms with E-state index < -0.39 is 0 Å². The number of aromatic hydroxyl groups is 1. The number of nitrogens with zero attached hydrogens (tertiary/aromatic N) is 1. The van der Waals surface area contributed by atoms with Crippen LogP contribution >= 0.6 is 23.1 Å². The van der Waals surface area contributed by atoms with E-state index in [0.717, 1.165) is 16.4 Å². The van der Waals surface area contributed by atoms with Gasteiger partial charge in [-0.3, -0.25) is 9.78 Å². The molecule has 0 aromatic carbocycles. The molecule has 2 N–H and O–H groups in total. The Kier molecular flexibility index (Phi) is 2.55. The lowest BCUT2D eigenvalue weighted by Crippen LogP contribution is -1.89. The maximum atomic E-state index is 10.9. The van der Waals surface area contributed by atoms with E-state index in [-0.39, 0.29) is 10.8 Å². The van der Waals surface area contributed by atoms with Gasteiger partial charge in [-0.05, 0) is 12.1 Å². The summed E-state index contributed by atoms with van der Waals surface area (Å²) in [6, 6.07) is 5.47. The van der Waals surface area contributed by atoms with E-state index in [1.54, 1.807) is 6.20 Å². The second-order valence-corrected chi connectivity index (χ2v) is 4.69. The van der Waals surface area contributed by atoms with E-state index in [0.29, 0.717) is 4.21 Å². The summed E-state index contributed by atoms with van der Waals surface area (Å²) in [5.74, 6) is -0.0874. The Balaban J connectivity index is 2.27. The van der Waals surface area contributed by atoms with E-state index in [9.17, 15) is 9.90 Å². The molecular formula is C8H6N2O2S2. The molecule has 0 radical (unpaired) electrons. The maximum absolute atomic E-state index is 10.9. The first-order chi connectivity index (χ1) is 6.75. The van der Waals surface area contributed by atoms with Crippen LogP contribution in [0.15, 0.2) is 38.4 Å². The van der Waals surface area contributed by atoms with Gasteiger partial charge in [0.2, 0.25) is 5.88 Å². The number of hydrogen-bond acceptors (Lipinski definition) is 5. The van der Waals surface area contributed by atoms with Crippen LogP contribution in [0.25, 0.3) is 0 Å². The lowest BCUT2D eigenvalue weighted by molar-refractivity contribution is 0.445. The molecule has 0 spiro atoms. The van der Waals surface area contributed by atoms with Crippen molar-refractivity contribution in [2.75, 3.05) is 0 Å². The zero-order chi connectivity index (χ0) is 9.97. The Labute approximate surface area is 87.6 Å². The van der Waals surface area contributed by atoms with Crippen molar-refractivity contribution in [2.24, 2.45) is 0 Å². The average molecular weight is 226 g/mol. The Morgan fingerprint density at radius 1 is 1.50 bits per heavy atom. The summed E-state index contributed by atoms with van der Waals surface area (Å²) in [7, 11) is 0. The maximum Gasteiger partial charge on any atom is 0.308 e. The van der Waals surface area contributed by atoms with Crippen LogP contribution in [0, 0.1) is 0 Å². The van der Waals surface area contributed by atoms with Crippen molar-refractivity contribution in [3.63, 3.8) is 0 Å². The number of H-pyrrole nitrogens is 1. The van der Waals surface area contributed by atoms with E-state index >= 15 is 0 Å². The molecule has 0 atom stereocenters. The molecule has 0 amide bonds. The van der Waals surface area contributed by atoms with Crippen LogP contribution in [0.5, 0.6) is 5.88 Å². The van der Waals surface area contributed by atoms with Crippen molar-refractivity contribution < 1.29 is 5.11 Å². The minimum Gasteiger partial charge on any atom is -0.493 e. The molecule has 0 aliphatic rings. The van der Waals surface area contributed by atoms with Gasteiger partial charge in [-0.1, -0.05) is 29.2 Å². The molecule has 0 aliphatic carbocycles. The highest BCUT2D eigenvalue weighted by Crippen LogP contribution is 2.33. The summed E-state index contributed by atoms with van der Waals surface area (Å²) in [6.07, 6.45) is 1.66. The van der Waals surface area contributed by atoms with Gasteiger partial charge in [-0.2, -0.15) is 0 Å². The molecule has 14 heavy (non-hydrogen) atoms. The molecule has 0 unspecified atom stereocenters. The summed E-state index contributed by atoms with van der Waals surface area (Å²) in [5, 5.41) is 10.0. The highest BCUT2D eigenvalue weighted by molar-refractivity contribution is 8.01. The molecule has 0 saturated carbocycles. The van der Waals surface area contributed by atoms with Crippen molar-refractivity contribution in [3.05, 3.63) is 34.1 Å². The van der Waals surface area contributed by atoms with Crippen LogP contribution in [-0.2, 0) is 0 Å². The van der Waals surface area contributed by atoms with Gasteiger partial charge in [0.15, 0.2) is 0 Å². The number of rotatable bonds is 2. The second kappa shape index (κ2) is 3.85. The van der Waals surface area contributed by atoms with Crippen LogP contribution in [0.4, 0.5) is 0 Å². The van der Waals surface area contributed by atoms with Gasteiger partial charge in [-0.25, -0.2) is 4.98 Å². The lowest BCUT2D eigenvalue weighted by atomic mass is 10.5. The molecule has 0 aliphatic heterocycles. The monoisotopic (exact) mass is 226 g/mol. The Bertz CT molecular complexity index is 478. The summed E-state index contributed by atoms with van der Waals surface area (Å²) in [5.41, 5.74) is 0. The smallest absolute Gasteiger partial charge is 0.308 e. The predicted octanol–water partition coefficient (Wildman–Crippen LogP) is 1.69. The van der Waals surface area contributed by atoms with Gasteiger partial charge in [0.1, 0.15) is 9.24 Å². The number of nitrogens with one attached hydrogen (secondary N) is 1. The zero-order valence-electron chi connectivity index (χ0n) is 6.93. The first kappa shape index (κ1) is 9.29. The van der Waals surface area contributed by atoms with Gasteiger partial charge in [0.05, 0.1) is 0 Å². The van der Waals surface area contributed by atoms with Crippen LogP contribution in [0.2, 0.25) is 0 Å². The first-order valence-corrected chi connectivity index (χ1v) is 5.40. The van der Waals surface area contributed by atoms with E-state index in [1.165, 1.54) is 11.8 Å². The van der Waals surface area contributed by atoms with E-state index in [1.807, 2.05) is 18.2 Å². The van der Waals surface area contributed by atoms with Gasteiger partial charge >= 0.3 is 4.87 Å². The van der Waals surface area contributed by atoms with Gasteiger partial charge in [-0.15, -0.1) is 0 Å². The minimum absolute atomic E-state index is 0.0874. The summed E-state index contributed by atoms with van der Waals surface area (Å²) in [6.45, 7) is 0. The first-order valence-electron chi connectivity index (χ1n) is 3.76. The highest BCUT2D eigenvalue weighted by Gasteiger charge is 2.08. The summed E-state index contributed by atoms with van der Waals surface area (Å²) in [4.78, 5) is 17.0. The van der Waals surface area contributed by atoms with Crippen LogP contribution in [0.3, 0.4) is 0 Å². The molecule has 2 aromatic rings. The molecule has 0 fully saturated rings. The van der Waals surface area contributed by atoms with E-state index in [4.69, 9.17) is 0 Å². The third-order valence-electron chi connectivity index (χ3n) is 1.43. The lowest BCUT2D eigenvalue weighted by Gasteiger charge is -1.95. The Hall–Kier alpha value is -1.27. The van der Waals surface area contributed by atoms with Crippen molar-refractivity contribution in [2.45, 2.75) is 9.24 Å². The van der Waals surface area contributed by atoms with Crippen LogP contribution in [-0.4, -0.2) is 15.1 Å². The fourth-order valence-electron chi connectivity index (χ4n) is 0.877. The summed E-state index contributed by atoms with van der Waals surface area (Å²) < 4.78 is 0.536. The topological polar surface area (TPSA) is 66.0 Å². The van der Waals surface area contributed by atoms with Gasteiger partial charge in [0.25, 0.3) is 0 Å². The number of pyridine rings is 1. The van der Waals surface area contributed by atoms with Crippen molar-refractivity contribution in [1.82, 2.24) is 9.97 Å². The third kappa shape index (κ3) is 1.97. The standard InChI is InChI=1S/C8H6N2O2S2/c11-6-7(14-8(12)10-6)13-5-3-1-2-4-9-5/h1-4,11H,(H,10,12). The molecule has 0 saturated heterocycles. The number of thiazole rings is 1. The number of hydrogen-bond donors (Lipinski definition) is 2. The van der Waals surface area contributed by atoms with Crippen LogP contribution < -0.4 is 4.87 Å². The van der Waals surface area contributed by atoms with Crippen molar-refractivity contribution in [1.29, 1.82) is 0 Å². The second-order valence-electron chi connectivity index (χ2n) is 2.42. The molecule has 0 bridgehead atoms. The minimum atomic E-state index is -0.263. The largest absolute Gasteiger partial charge is 0.493 e. The van der Waals surface area contributed by atoms with Crippen LogP contribution in [0.1, 0.15) is 0 Å². The molecule has 2 heterocycles. The zero-order valence-corrected chi connectivity index (χ0v) is 8.56. The fraction of sp³-hybridized carbons (Fsp3) is 0. The SMILES string of the molecule is O=c1[nH]c(O)c(Sc2ccccn2)s1. The summed E-state index contributed by atoms with van der Waals surface area (Å²) >= 11 is 2.23. The van der Waals surface area contributed by atoms with Crippen molar-refractivity contribution in [3.8, 4) is 5.88 Å². The average Bonchev–Trinajstić information content (AvgIpc) is 2.47. The quantitative estimate of drug-likeness (QED) is 0.817. The van der Waals surface area contributed by atoms with Gasteiger partial charge in [0, 0.05) is 6.20 Å². The molecule has 2 aromatic heterocycles. The predicted molar refractivity (Wildman–Crippen MR) is 55.0 cm³/mol. The Morgan fingerprint density at radius 3 is 2.93 bits per heavy atom. The Morgan fingerprint density at radius 2 is 2.36 bits per heavy atom. The highest BCUT2D eigenvalue weighted by atomic mass is 32.2. The van der Waals surface area contributed by atoms with Gasteiger partial charge < -0.3 is 5.11 Å². The number of aromatic amines is 1. The third-order valence-corrected chi connectivity index (χ3v) is 3.43. The fourth-order valence-corrected chi connectivity index (χ4v) is 2.59. The molecule has 2 rings (SSSR count). The molecular weight excluding hydrogens is 220 g/mol. The normalized spacial score (nSPS) is 10.3.